The Balaban J connectivity index is 3.33. The largest absolute Gasteiger partial charge is 0.298 e. The summed E-state index contributed by atoms with van der Waals surface area (Å²) in [4.78, 5) is 10.1. The Bertz CT molecular complexity index is 312. The molecule has 0 fully saturated rings. The van der Waals surface area contributed by atoms with Crippen molar-refractivity contribution in [2.75, 3.05) is 6.26 Å². The van der Waals surface area contributed by atoms with Crippen LogP contribution in [0.15, 0.2) is 17.0 Å². The summed E-state index contributed by atoms with van der Waals surface area (Å²) in [5.41, 5.74) is -0.110. The topological polar surface area (TPSA) is 17.1 Å². The van der Waals surface area contributed by atoms with Gasteiger partial charge < -0.3 is 0 Å². The van der Waals surface area contributed by atoms with Crippen molar-refractivity contribution in [2.24, 2.45) is 0 Å². The van der Waals surface area contributed by atoms with Crippen molar-refractivity contribution in [1.82, 2.24) is 0 Å². The highest BCUT2D eigenvalue weighted by molar-refractivity contribution is 7.98. The lowest BCUT2D eigenvalue weighted by molar-refractivity contribution is 0.111. The van der Waals surface area contributed by atoms with Crippen molar-refractivity contribution in [2.45, 2.75) is 4.90 Å². The Hall–Kier alpha value is -0.900. The molecule has 0 amide bonds. The highest BCUT2D eigenvalue weighted by Gasteiger charge is 2.11. The van der Waals surface area contributed by atoms with Crippen LogP contribution in [0, 0.1) is 11.6 Å². The third-order valence-electron chi connectivity index (χ3n) is 1.41. The number of thioether (sulfide) groups is 1. The molecule has 0 saturated carbocycles. The molecule has 0 N–H and O–H groups in total. The number of carbonyl (C=O) groups is 1. The summed E-state index contributed by atoms with van der Waals surface area (Å²) in [5, 5.41) is 0. The molecule has 4 heteroatoms. The van der Waals surface area contributed by atoms with E-state index in [0.717, 1.165) is 23.9 Å². The number of aldehydes is 1. The highest BCUT2D eigenvalue weighted by atomic mass is 32.2. The minimum absolute atomic E-state index is 0.110. The summed E-state index contributed by atoms with van der Waals surface area (Å²) in [5.74, 6) is -1.41. The van der Waals surface area contributed by atoms with Crippen molar-refractivity contribution < 1.29 is 13.6 Å². The lowest BCUT2D eigenvalue weighted by atomic mass is 10.2. The summed E-state index contributed by atoms with van der Waals surface area (Å²) in [6.07, 6.45) is 1.92. The fourth-order valence-corrected chi connectivity index (χ4v) is 1.39. The number of hydrogen-bond donors (Lipinski definition) is 0. The molecule has 64 valence electrons. The smallest absolute Gasteiger partial charge is 0.153 e. The van der Waals surface area contributed by atoms with E-state index in [0.29, 0.717) is 6.29 Å². The second-order valence-electron chi connectivity index (χ2n) is 2.10. The van der Waals surface area contributed by atoms with Gasteiger partial charge in [-0.1, -0.05) is 0 Å². The Morgan fingerprint density at radius 3 is 2.58 bits per heavy atom. The quantitative estimate of drug-likeness (QED) is 0.524. The van der Waals surface area contributed by atoms with Gasteiger partial charge in [0.25, 0.3) is 0 Å². The monoisotopic (exact) mass is 188 g/mol. The van der Waals surface area contributed by atoms with Gasteiger partial charge in [0.1, 0.15) is 11.6 Å². The first kappa shape index (κ1) is 9.19. The zero-order valence-electron chi connectivity index (χ0n) is 6.30. The molecule has 0 heterocycles. The van der Waals surface area contributed by atoms with Gasteiger partial charge in [0.2, 0.25) is 0 Å². The van der Waals surface area contributed by atoms with Gasteiger partial charge in [0.15, 0.2) is 6.29 Å². The number of rotatable bonds is 2. The van der Waals surface area contributed by atoms with E-state index in [9.17, 15) is 13.6 Å². The minimum Gasteiger partial charge on any atom is -0.298 e. The van der Waals surface area contributed by atoms with E-state index in [-0.39, 0.29) is 10.5 Å². The van der Waals surface area contributed by atoms with Crippen LogP contribution in [0.25, 0.3) is 0 Å². The molecule has 0 saturated heterocycles. The van der Waals surface area contributed by atoms with Crippen molar-refractivity contribution in [3.8, 4) is 0 Å². The molecule has 0 aliphatic rings. The fraction of sp³-hybridized carbons (Fsp3) is 0.125. The van der Waals surface area contributed by atoms with E-state index in [2.05, 4.69) is 0 Å². The number of hydrogen-bond acceptors (Lipinski definition) is 2. The molecule has 0 radical (unpaired) electrons. The Kier molecular flexibility index (Phi) is 2.81. The summed E-state index contributed by atoms with van der Waals surface area (Å²) >= 11 is 0.943. The third-order valence-corrected chi connectivity index (χ3v) is 2.19. The van der Waals surface area contributed by atoms with Gasteiger partial charge >= 0.3 is 0 Å². The summed E-state index contributed by atoms with van der Waals surface area (Å²) < 4.78 is 25.8. The van der Waals surface area contributed by atoms with Crippen molar-refractivity contribution in [3.05, 3.63) is 29.3 Å². The van der Waals surface area contributed by atoms with Crippen LogP contribution in [0.2, 0.25) is 0 Å². The second kappa shape index (κ2) is 3.67. The molecule has 1 rings (SSSR count). The molecule has 0 aliphatic heterocycles. The Morgan fingerprint density at radius 2 is 2.08 bits per heavy atom. The first-order valence-electron chi connectivity index (χ1n) is 3.18. The Labute approximate surface area is 72.8 Å². The van der Waals surface area contributed by atoms with Crippen LogP contribution in [0.1, 0.15) is 10.4 Å². The van der Waals surface area contributed by atoms with Crippen LogP contribution in [0.3, 0.4) is 0 Å². The van der Waals surface area contributed by atoms with Crippen LogP contribution in [-0.4, -0.2) is 12.5 Å². The van der Waals surface area contributed by atoms with Crippen molar-refractivity contribution >= 4 is 18.0 Å². The molecule has 12 heavy (non-hydrogen) atoms. The predicted octanol–water partition coefficient (Wildman–Crippen LogP) is 2.50. The minimum atomic E-state index is -0.780. The van der Waals surface area contributed by atoms with E-state index < -0.39 is 11.6 Å². The second-order valence-corrected chi connectivity index (χ2v) is 2.92. The zero-order chi connectivity index (χ0) is 9.14. The van der Waals surface area contributed by atoms with E-state index >= 15 is 0 Å². The maximum absolute atomic E-state index is 13.0. The Morgan fingerprint density at radius 1 is 1.42 bits per heavy atom. The van der Waals surface area contributed by atoms with Gasteiger partial charge in [-0.25, -0.2) is 8.78 Å². The third kappa shape index (κ3) is 1.48. The van der Waals surface area contributed by atoms with Crippen LogP contribution in [-0.2, 0) is 0 Å². The van der Waals surface area contributed by atoms with Gasteiger partial charge in [0.05, 0.1) is 10.5 Å². The molecule has 0 spiro atoms. The van der Waals surface area contributed by atoms with Gasteiger partial charge in [-0.2, -0.15) is 0 Å². The summed E-state index contributed by atoms with van der Waals surface area (Å²) in [7, 11) is 0. The standard InChI is InChI=1S/C8H6F2OS/c1-12-8-6(9)3-2-5(4-11)7(8)10/h2-4H,1H3. The van der Waals surface area contributed by atoms with E-state index in [1.54, 1.807) is 6.26 Å². The molecule has 1 aromatic carbocycles. The molecule has 0 aliphatic carbocycles. The number of carbonyl (C=O) groups excluding carboxylic acids is 1. The van der Waals surface area contributed by atoms with E-state index in [1.165, 1.54) is 0 Å². The normalized spacial score (nSPS) is 9.92. The summed E-state index contributed by atoms with van der Waals surface area (Å²) in [6.45, 7) is 0. The zero-order valence-corrected chi connectivity index (χ0v) is 7.12. The first-order chi connectivity index (χ1) is 5.70. The average molecular weight is 188 g/mol. The van der Waals surface area contributed by atoms with Crippen molar-refractivity contribution in [1.29, 1.82) is 0 Å². The molecule has 0 bridgehead atoms. The maximum Gasteiger partial charge on any atom is 0.153 e. The SMILES string of the molecule is CSc1c(F)ccc(C=O)c1F. The predicted molar refractivity (Wildman–Crippen MR) is 43.5 cm³/mol. The lowest BCUT2D eigenvalue weighted by Crippen LogP contribution is -1.93. The molecule has 0 atom stereocenters. The van der Waals surface area contributed by atoms with Crippen LogP contribution < -0.4 is 0 Å². The van der Waals surface area contributed by atoms with Gasteiger partial charge in [-0.3, -0.25) is 4.79 Å². The molecule has 1 aromatic rings. The van der Waals surface area contributed by atoms with Gasteiger partial charge in [0, 0.05) is 0 Å². The number of benzene rings is 1. The highest BCUT2D eigenvalue weighted by Crippen LogP contribution is 2.24. The molecule has 0 aromatic heterocycles. The molecule has 1 nitrogen and oxygen atoms in total. The average Bonchev–Trinajstić information content (AvgIpc) is 2.06. The molecule has 0 unspecified atom stereocenters. The van der Waals surface area contributed by atoms with E-state index in [4.69, 9.17) is 0 Å². The van der Waals surface area contributed by atoms with Crippen LogP contribution >= 0.6 is 11.8 Å². The van der Waals surface area contributed by atoms with Crippen LogP contribution in [0.5, 0.6) is 0 Å². The maximum atomic E-state index is 13.0. The van der Waals surface area contributed by atoms with Gasteiger partial charge in [-0.05, 0) is 18.4 Å². The van der Waals surface area contributed by atoms with Gasteiger partial charge in [-0.15, -0.1) is 11.8 Å². The lowest BCUT2D eigenvalue weighted by Gasteiger charge is -2.01. The first-order valence-corrected chi connectivity index (χ1v) is 4.40. The molecular formula is C8H6F2OS. The fourth-order valence-electron chi connectivity index (χ4n) is 0.826. The summed E-state index contributed by atoms with van der Waals surface area (Å²) in [6, 6.07) is 2.20. The van der Waals surface area contributed by atoms with Crippen LogP contribution in [0.4, 0.5) is 8.78 Å². The number of halogens is 2. The molecular weight excluding hydrogens is 182 g/mol. The van der Waals surface area contributed by atoms with Crippen molar-refractivity contribution in [3.63, 3.8) is 0 Å². The van der Waals surface area contributed by atoms with E-state index in [1.807, 2.05) is 0 Å².